The highest BCUT2D eigenvalue weighted by atomic mass is 16.5. The highest BCUT2D eigenvalue weighted by molar-refractivity contribution is 5.64. The third-order valence-corrected chi connectivity index (χ3v) is 5.19. The van der Waals surface area contributed by atoms with E-state index < -0.39 is 6.09 Å². The van der Waals surface area contributed by atoms with Crippen LogP contribution in [0.4, 0.5) is 22.4 Å². The first kappa shape index (κ1) is 18.5. The smallest absolute Gasteiger partial charge is 0.404 e. The fourth-order valence-corrected chi connectivity index (χ4v) is 3.77. The molecule has 2 aromatic heterocycles. The number of anilines is 3. The standard InChI is InChI=1S/C18H25N7O3/c26-18(27)20-10-13-11-25(7-8-28-13)17-19-6-5-15(22-17)21-16-9-14(23-24-16)12-3-1-2-4-12/h5-6,9,12-13,20H,1-4,7-8,10-11H2,(H,26,27)(H2,19,21,22,23,24)/t13-/m0/s1. The summed E-state index contributed by atoms with van der Waals surface area (Å²) >= 11 is 0. The number of hydrogen-bond acceptors (Lipinski definition) is 7. The van der Waals surface area contributed by atoms with E-state index in [0.29, 0.717) is 37.4 Å². The highest BCUT2D eigenvalue weighted by Crippen LogP contribution is 2.34. The van der Waals surface area contributed by atoms with Gasteiger partial charge in [-0.1, -0.05) is 12.8 Å². The Balaban J connectivity index is 1.39. The number of morpholine rings is 1. The van der Waals surface area contributed by atoms with Gasteiger partial charge in [-0.15, -0.1) is 0 Å². The van der Waals surface area contributed by atoms with Crippen molar-refractivity contribution >= 4 is 23.7 Å². The Bertz CT molecular complexity index is 806. The minimum Gasteiger partial charge on any atom is -0.465 e. The van der Waals surface area contributed by atoms with Crippen molar-refractivity contribution in [3.63, 3.8) is 0 Å². The van der Waals surface area contributed by atoms with Crippen molar-refractivity contribution in [2.45, 2.75) is 37.7 Å². The van der Waals surface area contributed by atoms with E-state index in [0.717, 1.165) is 5.82 Å². The first-order chi connectivity index (χ1) is 13.7. The molecule has 10 nitrogen and oxygen atoms in total. The molecule has 0 aromatic carbocycles. The molecule has 10 heteroatoms. The zero-order chi connectivity index (χ0) is 19.3. The Morgan fingerprint density at radius 2 is 2.21 bits per heavy atom. The van der Waals surface area contributed by atoms with Crippen LogP contribution in [-0.2, 0) is 4.74 Å². The molecule has 150 valence electrons. The molecule has 1 aliphatic carbocycles. The van der Waals surface area contributed by atoms with Crippen molar-refractivity contribution in [1.29, 1.82) is 0 Å². The quantitative estimate of drug-likeness (QED) is 0.593. The fraction of sp³-hybridized carbons (Fsp3) is 0.556. The lowest BCUT2D eigenvalue weighted by Gasteiger charge is -2.32. The molecule has 3 heterocycles. The lowest BCUT2D eigenvalue weighted by molar-refractivity contribution is 0.0405. The Morgan fingerprint density at radius 1 is 1.36 bits per heavy atom. The SMILES string of the molecule is O=C(O)NC[C@H]1CN(c2nccc(Nc3cc(C4CCCC4)[nH]n3)n2)CCO1. The van der Waals surface area contributed by atoms with Crippen molar-refractivity contribution in [3.8, 4) is 0 Å². The first-order valence-electron chi connectivity index (χ1n) is 9.66. The number of rotatable bonds is 6. The van der Waals surface area contributed by atoms with Crippen molar-refractivity contribution in [3.05, 3.63) is 24.0 Å². The van der Waals surface area contributed by atoms with Gasteiger partial charge in [-0.3, -0.25) is 5.10 Å². The number of nitrogens with one attached hydrogen (secondary N) is 3. The highest BCUT2D eigenvalue weighted by Gasteiger charge is 2.23. The average molecular weight is 387 g/mol. The van der Waals surface area contributed by atoms with Crippen LogP contribution in [0, 0.1) is 0 Å². The van der Waals surface area contributed by atoms with E-state index in [2.05, 4.69) is 36.9 Å². The third kappa shape index (κ3) is 4.50. The predicted octanol–water partition coefficient (Wildman–Crippen LogP) is 2.07. The van der Waals surface area contributed by atoms with Gasteiger partial charge in [0.05, 0.1) is 12.7 Å². The number of carboxylic acid groups (broad SMARTS) is 1. The average Bonchev–Trinajstić information content (AvgIpc) is 3.39. The molecule has 28 heavy (non-hydrogen) atoms. The van der Waals surface area contributed by atoms with Gasteiger partial charge in [-0.2, -0.15) is 10.1 Å². The summed E-state index contributed by atoms with van der Waals surface area (Å²) in [5.74, 6) is 2.58. The molecule has 2 fully saturated rings. The maximum atomic E-state index is 10.7. The number of carbonyl (C=O) groups is 1. The van der Waals surface area contributed by atoms with Gasteiger partial charge >= 0.3 is 6.09 Å². The maximum Gasteiger partial charge on any atom is 0.404 e. The molecular formula is C18H25N7O3. The van der Waals surface area contributed by atoms with Gasteiger partial charge in [-0.05, 0) is 18.9 Å². The van der Waals surface area contributed by atoms with Crippen LogP contribution in [-0.4, -0.2) is 63.7 Å². The van der Waals surface area contributed by atoms with Gasteiger partial charge in [0.15, 0.2) is 5.82 Å². The second-order valence-electron chi connectivity index (χ2n) is 7.18. The molecule has 4 rings (SSSR count). The van der Waals surface area contributed by atoms with Gasteiger partial charge < -0.3 is 25.4 Å². The number of aromatic nitrogens is 4. The molecule has 1 amide bonds. The molecule has 1 saturated heterocycles. The predicted molar refractivity (Wildman–Crippen MR) is 103 cm³/mol. The van der Waals surface area contributed by atoms with Crippen molar-refractivity contribution in [2.24, 2.45) is 0 Å². The minimum absolute atomic E-state index is 0.231. The molecule has 0 unspecified atom stereocenters. The van der Waals surface area contributed by atoms with Gasteiger partial charge in [-0.25, -0.2) is 9.78 Å². The Hall–Kier alpha value is -2.88. The zero-order valence-corrected chi connectivity index (χ0v) is 15.6. The van der Waals surface area contributed by atoms with Gasteiger partial charge in [0.25, 0.3) is 0 Å². The largest absolute Gasteiger partial charge is 0.465 e. The number of H-pyrrole nitrogens is 1. The summed E-state index contributed by atoms with van der Waals surface area (Å²) in [5, 5.41) is 21.8. The van der Waals surface area contributed by atoms with Crippen LogP contribution in [0.15, 0.2) is 18.3 Å². The summed E-state index contributed by atoms with van der Waals surface area (Å²) in [4.78, 5) is 21.6. The van der Waals surface area contributed by atoms with Gasteiger partial charge in [0, 0.05) is 43.5 Å². The molecule has 1 saturated carbocycles. The molecule has 2 aromatic rings. The number of nitrogens with zero attached hydrogens (tertiary/aromatic N) is 4. The lowest BCUT2D eigenvalue weighted by Crippen LogP contribution is -2.48. The molecule has 4 N–H and O–H groups in total. The van der Waals surface area contributed by atoms with E-state index in [9.17, 15) is 4.79 Å². The molecule has 2 aliphatic rings. The number of hydrogen-bond donors (Lipinski definition) is 4. The second kappa shape index (κ2) is 8.42. The van der Waals surface area contributed by atoms with Crippen LogP contribution < -0.4 is 15.5 Å². The minimum atomic E-state index is -1.06. The van der Waals surface area contributed by atoms with Gasteiger partial charge in [0.1, 0.15) is 5.82 Å². The summed E-state index contributed by atoms with van der Waals surface area (Å²) < 4.78 is 5.60. The van der Waals surface area contributed by atoms with Crippen molar-refractivity contribution in [1.82, 2.24) is 25.5 Å². The molecule has 0 radical (unpaired) electrons. The Kier molecular flexibility index (Phi) is 5.56. The van der Waals surface area contributed by atoms with E-state index in [4.69, 9.17) is 9.84 Å². The molecule has 0 bridgehead atoms. The number of amides is 1. The zero-order valence-electron chi connectivity index (χ0n) is 15.6. The van der Waals surface area contributed by atoms with E-state index in [-0.39, 0.29) is 12.6 Å². The monoisotopic (exact) mass is 387 g/mol. The van der Waals surface area contributed by atoms with Crippen LogP contribution in [0.5, 0.6) is 0 Å². The second-order valence-corrected chi connectivity index (χ2v) is 7.18. The third-order valence-electron chi connectivity index (χ3n) is 5.19. The van der Waals surface area contributed by atoms with E-state index in [1.54, 1.807) is 12.3 Å². The normalized spacial score (nSPS) is 20.3. The fourth-order valence-electron chi connectivity index (χ4n) is 3.77. The summed E-state index contributed by atoms with van der Waals surface area (Å²) in [7, 11) is 0. The van der Waals surface area contributed by atoms with Crippen molar-refractivity contribution in [2.75, 3.05) is 36.5 Å². The van der Waals surface area contributed by atoms with Gasteiger partial charge in [0.2, 0.25) is 5.95 Å². The van der Waals surface area contributed by atoms with Crippen LogP contribution in [0.1, 0.15) is 37.3 Å². The van der Waals surface area contributed by atoms with Crippen molar-refractivity contribution < 1.29 is 14.6 Å². The van der Waals surface area contributed by atoms with Crippen LogP contribution in [0.2, 0.25) is 0 Å². The van der Waals surface area contributed by atoms with Crippen LogP contribution in [0.3, 0.4) is 0 Å². The Labute approximate surface area is 162 Å². The lowest BCUT2D eigenvalue weighted by atomic mass is 10.0. The molecular weight excluding hydrogens is 362 g/mol. The maximum absolute atomic E-state index is 10.7. The first-order valence-corrected chi connectivity index (χ1v) is 9.66. The van der Waals surface area contributed by atoms with E-state index in [1.807, 2.05) is 4.90 Å². The molecule has 1 atom stereocenters. The van der Waals surface area contributed by atoms with E-state index >= 15 is 0 Å². The van der Waals surface area contributed by atoms with Crippen LogP contribution in [0.25, 0.3) is 0 Å². The summed E-state index contributed by atoms with van der Waals surface area (Å²) in [6.45, 7) is 1.91. The summed E-state index contributed by atoms with van der Waals surface area (Å²) in [6.07, 6.45) is 5.41. The topological polar surface area (TPSA) is 128 Å². The van der Waals surface area contributed by atoms with E-state index in [1.165, 1.54) is 31.4 Å². The molecule has 0 spiro atoms. The number of aromatic amines is 1. The molecule has 1 aliphatic heterocycles. The van der Waals surface area contributed by atoms with Crippen LogP contribution >= 0.6 is 0 Å². The Morgan fingerprint density at radius 3 is 3.04 bits per heavy atom. The summed E-state index contributed by atoms with van der Waals surface area (Å²) in [5.41, 5.74) is 1.18. The summed E-state index contributed by atoms with van der Waals surface area (Å²) in [6, 6.07) is 3.86. The number of ether oxygens (including phenoxy) is 1.